The molecular formula is C26H24N2O6. The highest BCUT2D eigenvalue weighted by Gasteiger charge is 2.37. The number of carboxylic acid groups (broad SMARTS) is 1. The highest BCUT2D eigenvalue weighted by Crippen LogP contribution is 2.38. The van der Waals surface area contributed by atoms with Gasteiger partial charge in [0, 0.05) is 17.0 Å². The quantitative estimate of drug-likeness (QED) is 0.301. The molecule has 34 heavy (non-hydrogen) atoms. The number of hydrogen-bond donors (Lipinski definition) is 2. The molecule has 2 aromatic carbocycles. The molecule has 2 heterocycles. The molecule has 0 fully saturated rings. The minimum atomic E-state index is -1.40. The fourth-order valence-electron chi connectivity index (χ4n) is 4.19. The first-order valence-electron chi connectivity index (χ1n) is 10.6. The number of para-hydroxylation sites is 1. The number of aryl methyl sites for hydroxylation is 4. The number of fused-ring (bicyclic) bond motifs is 1. The number of imide groups is 1. The van der Waals surface area contributed by atoms with Crippen molar-refractivity contribution in [2.24, 2.45) is 0 Å². The van der Waals surface area contributed by atoms with Crippen LogP contribution >= 0.6 is 0 Å². The van der Waals surface area contributed by atoms with Crippen LogP contribution in [0.25, 0.3) is 11.6 Å². The van der Waals surface area contributed by atoms with Crippen molar-refractivity contribution in [1.82, 2.24) is 4.98 Å². The minimum Gasteiger partial charge on any atom is -0.449 e. The predicted octanol–water partition coefficient (Wildman–Crippen LogP) is 5.53. The van der Waals surface area contributed by atoms with E-state index in [1.807, 2.05) is 26.0 Å². The lowest BCUT2D eigenvalue weighted by molar-refractivity contribution is -0.112. The molecule has 0 radical (unpaired) electrons. The number of hydrogen-bond acceptors (Lipinski definition) is 5. The van der Waals surface area contributed by atoms with Crippen molar-refractivity contribution in [3.8, 4) is 5.75 Å². The zero-order valence-corrected chi connectivity index (χ0v) is 19.3. The SMILES string of the molecule is Cc1cc(C)c(/C=C2\C(=O)N(C(=O)OCc3cc(C)c(OC(=O)O)c(C)c3)c3ccccc32)[nH]1. The number of H-pyrrole nitrogens is 1. The smallest absolute Gasteiger partial charge is 0.449 e. The van der Waals surface area contributed by atoms with Gasteiger partial charge in [-0.15, -0.1) is 0 Å². The van der Waals surface area contributed by atoms with E-state index in [0.29, 0.717) is 33.5 Å². The zero-order valence-electron chi connectivity index (χ0n) is 19.3. The lowest BCUT2D eigenvalue weighted by atomic mass is 10.1. The third kappa shape index (κ3) is 4.30. The molecule has 0 saturated heterocycles. The monoisotopic (exact) mass is 460 g/mol. The maximum Gasteiger partial charge on any atom is 0.511 e. The molecule has 174 valence electrons. The predicted molar refractivity (Wildman–Crippen MR) is 127 cm³/mol. The lowest BCUT2D eigenvalue weighted by Crippen LogP contribution is -2.33. The minimum absolute atomic E-state index is 0.0895. The number of nitrogens with one attached hydrogen (secondary N) is 1. The Labute approximate surface area is 196 Å². The van der Waals surface area contributed by atoms with Crippen molar-refractivity contribution >= 4 is 35.5 Å². The van der Waals surface area contributed by atoms with E-state index in [1.165, 1.54) is 0 Å². The van der Waals surface area contributed by atoms with Gasteiger partial charge in [0.05, 0.1) is 11.3 Å². The van der Waals surface area contributed by atoms with Crippen LogP contribution in [-0.4, -0.2) is 28.2 Å². The van der Waals surface area contributed by atoms with E-state index in [4.69, 9.17) is 14.6 Å². The van der Waals surface area contributed by atoms with Gasteiger partial charge in [-0.05, 0) is 80.3 Å². The van der Waals surface area contributed by atoms with Crippen molar-refractivity contribution in [3.63, 3.8) is 0 Å². The number of amides is 2. The van der Waals surface area contributed by atoms with E-state index in [-0.39, 0.29) is 12.4 Å². The molecule has 8 nitrogen and oxygen atoms in total. The molecule has 1 aromatic heterocycles. The molecule has 1 aliphatic heterocycles. The second kappa shape index (κ2) is 8.90. The second-order valence-electron chi connectivity index (χ2n) is 8.25. The van der Waals surface area contributed by atoms with E-state index in [2.05, 4.69) is 4.98 Å². The van der Waals surface area contributed by atoms with E-state index in [9.17, 15) is 14.4 Å². The van der Waals surface area contributed by atoms with Crippen molar-refractivity contribution < 1.29 is 29.0 Å². The average molecular weight is 460 g/mol. The van der Waals surface area contributed by atoms with Crippen LogP contribution in [0.15, 0.2) is 42.5 Å². The number of benzene rings is 2. The molecule has 0 atom stereocenters. The highest BCUT2D eigenvalue weighted by atomic mass is 16.7. The Hall–Kier alpha value is -4.33. The normalized spacial score (nSPS) is 13.8. The first kappa shape index (κ1) is 22.8. The second-order valence-corrected chi connectivity index (χ2v) is 8.25. The van der Waals surface area contributed by atoms with Crippen LogP contribution in [0.4, 0.5) is 15.3 Å². The standard InChI is InChI=1S/C26H24N2O6/c1-14-9-17(4)27-21(14)12-20-19-7-5-6-8-22(19)28(24(20)29)25(30)33-13-18-10-15(2)23(16(3)11-18)34-26(31)32/h5-12,27H,13H2,1-4H3,(H,31,32)/b20-12-. The Balaban J connectivity index is 1.58. The number of rotatable bonds is 4. The summed E-state index contributed by atoms with van der Waals surface area (Å²) >= 11 is 0. The molecule has 4 rings (SSSR count). The number of aromatic amines is 1. The number of ether oxygens (including phenoxy) is 2. The van der Waals surface area contributed by atoms with Gasteiger partial charge in [0.25, 0.3) is 5.91 Å². The highest BCUT2D eigenvalue weighted by molar-refractivity contribution is 6.41. The van der Waals surface area contributed by atoms with Gasteiger partial charge in [-0.25, -0.2) is 14.5 Å². The van der Waals surface area contributed by atoms with Crippen molar-refractivity contribution in [2.75, 3.05) is 4.90 Å². The van der Waals surface area contributed by atoms with Crippen LogP contribution in [0.2, 0.25) is 0 Å². The zero-order chi connectivity index (χ0) is 24.6. The summed E-state index contributed by atoms with van der Waals surface area (Å²) in [6, 6.07) is 12.4. The maximum absolute atomic E-state index is 13.3. The Morgan fingerprint density at radius 3 is 2.32 bits per heavy atom. The van der Waals surface area contributed by atoms with Crippen LogP contribution in [0.3, 0.4) is 0 Å². The number of aromatic nitrogens is 1. The fourth-order valence-corrected chi connectivity index (χ4v) is 4.19. The van der Waals surface area contributed by atoms with Crippen molar-refractivity contribution in [1.29, 1.82) is 0 Å². The summed E-state index contributed by atoms with van der Waals surface area (Å²) in [6.07, 6.45) is -0.434. The summed E-state index contributed by atoms with van der Waals surface area (Å²) in [6.45, 7) is 7.21. The van der Waals surface area contributed by atoms with Gasteiger partial charge in [-0.1, -0.05) is 18.2 Å². The molecule has 8 heteroatoms. The first-order chi connectivity index (χ1) is 16.2. The molecule has 3 aromatic rings. The number of nitrogens with zero attached hydrogens (tertiary/aromatic N) is 1. The van der Waals surface area contributed by atoms with E-state index < -0.39 is 18.2 Å². The Morgan fingerprint density at radius 1 is 1.03 bits per heavy atom. The Kier molecular flexibility index (Phi) is 5.98. The van der Waals surface area contributed by atoms with Gasteiger partial charge >= 0.3 is 12.2 Å². The van der Waals surface area contributed by atoms with Gasteiger partial charge in [0.1, 0.15) is 12.4 Å². The molecule has 0 aliphatic carbocycles. The molecule has 0 unspecified atom stereocenters. The molecule has 0 spiro atoms. The Morgan fingerprint density at radius 2 is 1.71 bits per heavy atom. The molecule has 0 saturated carbocycles. The van der Waals surface area contributed by atoms with Crippen LogP contribution in [-0.2, 0) is 16.1 Å². The summed E-state index contributed by atoms with van der Waals surface area (Å²) in [5.41, 5.74) is 6.13. The van der Waals surface area contributed by atoms with Gasteiger partial charge in [-0.2, -0.15) is 0 Å². The number of carbonyl (C=O) groups is 3. The first-order valence-corrected chi connectivity index (χ1v) is 10.6. The third-order valence-electron chi connectivity index (χ3n) is 5.60. The van der Waals surface area contributed by atoms with E-state index in [0.717, 1.165) is 21.9 Å². The van der Waals surface area contributed by atoms with Gasteiger partial charge in [0.15, 0.2) is 0 Å². The Bertz CT molecular complexity index is 1330. The lowest BCUT2D eigenvalue weighted by Gasteiger charge is -2.16. The summed E-state index contributed by atoms with van der Waals surface area (Å²) in [5, 5.41) is 8.88. The average Bonchev–Trinajstić information content (AvgIpc) is 3.24. The molecular weight excluding hydrogens is 436 g/mol. The number of anilines is 1. The largest absolute Gasteiger partial charge is 0.511 e. The van der Waals surface area contributed by atoms with Crippen LogP contribution in [0.1, 0.15) is 39.2 Å². The molecule has 2 amide bonds. The van der Waals surface area contributed by atoms with E-state index in [1.54, 1.807) is 50.3 Å². The topological polar surface area (TPSA) is 109 Å². The van der Waals surface area contributed by atoms with Crippen LogP contribution in [0.5, 0.6) is 5.75 Å². The van der Waals surface area contributed by atoms with Crippen LogP contribution in [0, 0.1) is 27.7 Å². The molecule has 2 N–H and O–H groups in total. The van der Waals surface area contributed by atoms with Gasteiger partial charge in [0.2, 0.25) is 0 Å². The molecule has 1 aliphatic rings. The van der Waals surface area contributed by atoms with Crippen molar-refractivity contribution in [3.05, 3.63) is 81.7 Å². The van der Waals surface area contributed by atoms with E-state index >= 15 is 0 Å². The maximum atomic E-state index is 13.3. The number of carbonyl (C=O) groups excluding carboxylic acids is 2. The summed E-state index contributed by atoms with van der Waals surface area (Å²) in [7, 11) is 0. The van der Waals surface area contributed by atoms with Gasteiger partial charge in [-0.3, -0.25) is 4.79 Å². The summed E-state index contributed by atoms with van der Waals surface area (Å²) in [4.78, 5) is 41.4. The molecule has 0 bridgehead atoms. The summed E-state index contributed by atoms with van der Waals surface area (Å²) in [5.74, 6) is -0.216. The third-order valence-corrected chi connectivity index (χ3v) is 5.60. The van der Waals surface area contributed by atoms with Gasteiger partial charge < -0.3 is 19.6 Å². The van der Waals surface area contributed by atoms with Crippen molar-refractivity contribution in [2.45, 2.75) is 34.3 Å². The fraction of sp³-hybridized carbons (Fsp3) is 0.192. The summed E-state index contributed by atoms with van der Waals surface area (Å²) < 4.78 is 10.3. The van der Waals surface area contributed by atoms with Crippen LogP contribution < -0.4 is 9.64 Å².